The highest BCUT2D eigenvalue weighted by molar-refractivity contribution is 5.37. The number of aliphatic hydroxyl groups is 1. The van der Waals surface area contributed by atoms with E-state index in [0.29, 0.717) is 5.82 Å². The Labute approximate surface area is 90.1 Å². The molecule has 0 aliphatic carbocycles. The van der Waals surface area contributed by atoms with Crippen LogP contribution in [0.4, 0.5) is 19.0 Å². The van der Waals surface area contributed by atoms with Crippen LogP contribution in [0.2, 0.25) is 0 Å². The molecule has 4 nitrogen and oxygen atoms in total. The minimum atomic E-state index is -4.71. The van der Waals surface area contributed by atoms with Crippen LogP contribution in [0.25, 0.3) is 0 Å². The molecule has 0 amide bonds. The van der Waals surface area contributed by atoms with E-state index < -0.39 is 12.5 Å². The van der Waals surface area contributed by atoms with E-state index in [-0.39, 0.29) is 12.3 Å². The number of anilines is 1. The van der Waals surface area contributed by atoms with Crippen LogP contribution in [0, 0.1) is 0 Å². The van der Waals surface area contributed by atoms with Gasteiger partial charge in [-0.25, -0.2) is 4.98 Å². The summed E-state index contributed by atoms with van der Waals surface area (Å²) in [5.41, 5.74) is 0. The summed E-state index contributed by atoms with van der Waals surface area (Å²) in [5.74, 6) is -0.00878. The number of ether oxygens (including phenoxy) is 1. The summed E-state index contributed by atoms with van der Waals surface area (Å²) < 4.78 is 39.0. The van der Waals surface area contributed by atoms with Crippen molar-refractivity contribution in [3.63, 3.8) is 0 Å². The number of alkyl halides is 3. The number of rotatable bonds is 4. The summed E-state index contributed by atoms with van der Waals surface area (Å²) in [6.07, 6.45) is -4.32. The smallest absolute Gasteiger partial charge is 0.404 e. The second-order valence-corrected chi connectivity index (χ2v) is 3.16. The maximum atomic E-state index is 11.8. The first kappa shape index (κ1) is 12.6. The number of nitrogens with zero attached hydrogens (tertiary/aromatic N) is 1. The summed E-state index contributed by atoms with van der Waals surface area (Å²) in [5, 5.41) is 11.7. The lowest BCUT2D eigenvalue weighted by molar-refractivity contribution is -0.274. The number of pyridine rings is 1. The molecule has 0 spiro atoms. The molecule has 0 bridgehead atoms. The van der Waals surface area contributed by atoms with Gasteiger partial charge in [-0.1, -0.05) is 0 Å². The van der Waals surface area contributed by atoms with Gasteiger partial charge in [0.05, 0.1) is 12.3 Å². The average molecular weight is 236 g/mol. The first-order valence-electron chi connectivity index (χ1n) is 4.50. The van der Waals surface area contributed by atoms with Crippen LogP contribution in [-0.2, 0) is 0 Å². The standard InChI is InChI=1S/C9H11F3N2O2/c1-6(15)4-13-8-3-2-7(5-14-8)16-9(10,11)12/h2-3,5-6,15H,4H2,1H3,(H,13,14). The monoisotopic (exact) mass is 236 g/mol. The van der Waals surface area contributed by atoms with Crippen molar-refractivity contribution in [3.05, 3.63) is 18.3 Å². The number of hydrogen-bond acceptors (Lipinski definition) is 4. The first-order valence-corrected chi connectivity index (χ1v) is 4.50. The third-order valence-electron chi connectivity index (χ3n) is 1.55. The van der Waals surface area contributed by atoms with Crippen molar-refractivity contribution < 1.29 is 23.0 Å². The van der Waals surface area contributed by atoms with E-state index >= 15 is 0 Å². The molecule has 1 rings (SSSR count). The van der Waals surface area contributed by atoms with Gasteiger partial charge in [0, 0.05) is 6.54 Å². The van der Waals surface area contributed by atoms with Crippen LogP contribution in [0.5, 0.6) is 5.75 Å². The maximum absolute atomic E-state index is 11.8. The molecule has 1 aromatic rings. The second-order valence-electron chi connectivity index (χ2n) is 3.16. The van der Waals surface area contributed by atoms with Crippen LogP contribution in [0.15, 0.2) is 18.3 Å². The number of aromatic nitrogens is 1. The van der Waals surface area contributed by atoms with Gasteiger partial charge >= 0.3 is 6.36 Å². The summed E-state index contributed by atoms with van der Waals surface area (Å²) in [6, 6.07) is 2.48. The minimum Gasteiger partial charge on any atom is -0.404 e. The largest absolute Gasteiger partial charge is 0.573 e. The number of nitrogens with one attached hydrogen (secondary N) is 1. The van der Waals surface area contributed by atoms with Gasteiger partial charge in [0.25, 0.3) is 0 Å². The lowest BCUT2D eigenvalue weighted by atomic mass is 10.4. The predicted octanol–water partition coefficient (Wildman–Crippen LogP) is 1.77. The molecule has 1 heterocycles. The topological polar surface area (TPSA) is 54.4 Å². The van der Waals surface area contributed by atoms with Crippen molar-refractivity contribution in [2.75, 3.05) is 11.9 Å². The molecule has 0 aliphatic heterocycles. The Morgan fingerprint density at radius 2 is 2.19 bits per heavy atom. The molecule has 0 aromatic carbocycles. The van der Waals surface area contributed by atoms with Gasteiger partial charge in [0.1, 0.15) is 11.6 Å². The molecule has 0 radical (unpaired) electrons. The number of halogens is 3. The molecule has 0 saturated carbocycles. The van der Waals surface area contributed by atoms with Crippen molar-refractivity contribution in [3.8, 4) is 5.75 Å². The molecule has 1 atom stereocenters. The third kappa shape index (κ3) is 4.83. The Hall–Kier alpha value is -1.50. The van der Waals surface area contributed by atoms with Crippen LogP contribution < -0.4 is 10.1 Å². The van der Waals surface area contributed by atoms with Gasteiger partial charge in [0.15, 0.2) is 0 Å². The van der Waals surface area contributed by atoms with Gasteiger partial charge in [-0.3, -0.25) is 0 Å². The second kappa shape index (κ2) is 5.02. The Kier molecular flexibility index (Phi) is 3.94. The van der Waals surface area contributed by atoms with Crippen molar-refractivity contribution in [1.82, 2.24) is 4.98 Å². The van der Waals surface area contributed by atoms with Crippen molar-refractivity contribution in [2.24, 2.45) is 0 Å². The summed E-state index contributed by atoms with van der Waals surface area (Å²) in [6.45, 7) is 1.85. The van der Waals surface area contributed by atoms with E-state index in [1.807, 2.05) is 0 Å². The zero-order valence-electron chi connectivity index (χ0n) is 8.45. The van der Waals surface area contributed by atoms with Gasteiger partial charge in [-0.2, -0.15) is 0 Å². The Bertz CT molecular complexity index is 325. The fourth-order valence-electron chi connectivity index (χ4n) is 0.931. The van der Waals surface area contributed by atoms with Crippen molar-refractivity contribution in [2.45, 2.75) is 19.4 Å². The predicted molar refractivity (Wildman–Crippen MR) is 51.1 cm³/mol. The Morgan fingerprint density at radius 1 is 1.50 bits per heavy atom. The zero-order valence-corrected chi connectivity index (χ0v) is 8.45. The summed E-state index contributed by atoms with van der Waals surface area (Å²) in [4.78, 5) is 3.69. The quantitative estimate of drug-likeness (QED) is 0.836. The fraction of sp³-hybridized carbons (Fsp3) is 0.444. The van der Waals surface area contributed by atoms with Crippen molar-refractivity contribution >= 4 is 5.82 Å². The first-order chi connectivity index (χ1) is 7.37. The normalized spacial score (nSPS) is 13.3. The molecule has 7 heteroatoms. The zero-order chi connectivity index (χ0) is 12.2. The van der Waals surface area contributed by atoms with Gasteiger partial charge in [0.2, 0.25) is 0 Å². The summed E-state index contributed by atoms with van der Waals surface area (Å²) in [7, 11) is 0. The number of aliphatic hydroxyl groups excluding tert-OH is 1. The maximum Gasteiger partial charge on any atom is 0.573 e. The number of hydrogen-bond donors (Lipinski definition) is 2. The van der Waals surface area contributed by atoms with E-state index in [1.54, 1.807) is 6.92 Å². The van der Waals surface area contributed by atoms with E-state index in [4.69, 9.17) is 5.11 Å². The summed E-state index contributed by atoms with van der Waals surface area (Å²) >= 11 is 0. The van der Waals surface area contributed by atoms with Crippen LogP contribution in [0.1, 0.15) is 6.92 Å². The molecular formula is C9H11F3N2O2. The molecule has 2 N–H and O–H groups in total. The van der Waals surface area contributed by atoms with Gasteiger partial charge < -0.3 is 15.2 Å². The lowest BCUT2D eigenvalue weighted by Gasteiger charge is -2.10. The molecular weight excluding hydrogens is 225 g/mol. The van der Waals surface area contributed by atoms with E-state index in [9.17, 15) is 13.2 Å². The van der Waals surface area contributed by atoms with E-state index in [2.05, 4.69) is 15.0 Å². The van der Waals surface area contributed by atoms with E-state index in [1.165, 1.54) is 6.07 Å². The van der Waals surface area contributed by atoms with Crippen LogP contribution >= 0.6 is 0 Å². The minimum absolute atomic E-state index is 0.270. The molecule has 1 aromatic heterocycles. The fourth-order valence-corrected chi connectivity index (χ4v) is 0.931. The van der Waals surface area contributed by atoms with E-state index in [0.717, 1.165) is 12.3 Å². The molecule has 0 aliphatic rings. The Balaban J connectivity index is 2.54. The SMILES string of the molecule is CC(O)CNc1ccc(OC(F)(F)F)cn1. The van der Waals surface area contributed by atoms with Crippen LogP contribution in [-0.4, -0.2) is 29.1 Å². The molecule has 90 valence electrons. The molecule has 1 unspecified atom stereocenters. The molecule has 0 fully saturated rings. The van der Waals surface area contributed by atoms with Gasteiger partial charge in [-0.15, -0.1) is 13.2 Å². The highest BCUT2D eigenvalue weighted by Gasteiger charge is 2.31. The van der Waals surface area contributed by atoms with Gasteiger partial charge in [-0.05, 0) is 19.1 Å². The molecule has 16 heavy (non-hydrogen) atoms. The molecule has 0 saturated heterocycles. The van der Waals surface area contributed by atoms with Crippen LogP contribution in [0.3, 0.4) is 0 Å². The van der Waals surface area contributed by atoms with Crippen molar-refractivity contribution in [1.29, 1.82) is 0 Å². The highest BCUT2D eigenvalue weighted by Crippen LogP contribution is 2.22. The Morgan fingerprint density at radius 3 is 2.62 bits per heavy atom. The lowest BCUT2D eigenvalue weighted by Crippen LogP contribution is -2.18. The average Bonchev–Trinajstić information content (AvgIpc) is 2.14. The third-order valence-corrected chi connectivity index (χ3v) is 1.55. The highest BCUT2D eigenvalue weighted by atomic mass is 19.4.